The van der Waals surface area contributed by atoms with Gasteiger partial charge in [-0.3, -0.25) is 9.88 Å². The van der Waals surface area contributed by atoms with Crippen LogP contribution in [-0.2, 0) is 11.3 Å². The van der Waals surface area contributed by atoms with Crippen molar-refractivity contribution in [3.63, 3.8) is 0 Å². The van der Waals surface area contributed by atoms with Gasteiger partial charge < -0.3 is 10.1 Å². The van der Waals surface area contributed by atoms with Gasteiger partial charge in [0.15, 0.2) is 0 Å². The molecule has 4 heteroatoms. The number of nitrogens with one attached hydrogen (secondary N) is 1. The molecule has 0 amide bonds. The highest BCUT2D eigenvalue weighted by molar-refractivity contribution is 5.09. The molecule has 106 valence electrons. The van der Waals surface area contributed by atoms with Crippen molar-refractivity contribution in [2.45, 2.75) is 31.8 Å². The van der Waals surface area contributed by atoms with Gasteiger partial charge in [0, 0.05) is 45.2 Å². The van der Waals surface area contributed by atoms with Crippen LogP contribution < -0.4 is 5.32 Å². The van der Waals surface area contributed by atoms with Gasteiger partial charge in [0.05, 0.1) is 6.61 Å². The van der Waals surface area contributed by atoms with Crippen LogP contribution in [0.15, 0.2) is 24.5 Å². The Morgan fingerprint density at radius 2 is 2.21 bits per heavy atom. The fourth-order valence-electron chi connectivity index (χ4n) is 2.66. The first-order chi connectivity index (χ1) is 9.40. The lowest BCUT2D eigenvalue weighted by atomic mass is 10.0. The highest BCUT2D eigenvalue weighted by Crippen LogP contribution is 2.18. The van der Waals surface area contributed by atoms with E-state index in [2.05, 4.69) is 27.3 Å². The molecule has 0 aliphatic carbocycles. The van der Waals surface area contributed by atoms with Gasteiger partial charge >= 0.3 is 0 Å². The van der Waals surface area contributed by atoms with Crippen LogP contribution in [0.1, 0.15) is 24.8 Å². The molecule has 0 saturated carbocycles. The summed E-state index contributed by atoms with van der Waals surface area (Å²) in [6.45, 7) is 5.04. The third-order valence-corrected chi connectivity index (χ3v) is 3.75. The van der Waals surface area contributed by atoms with Gasteiger partial charge in [-0.25, -0.2) is 0 Å². The second-order valence-corrected chi connectivity index (χ2v) is 5.17. The molecule has 1 atom stereocenters. The third kappa shape index (κ3) is 4.90. The predicted octanol–water partition coefficient (Wildman–Crippen LogP) is 1.67. The zero-order valence-electron chi connectivity index (χ0n) is 11.8. The van der Waals surface area contributed by atoms with Crippen molar-refractivity contribution >= 4 is 0 Å². The molecule has 1 aromatic rings. The van der Waals surface area contributed by atoms with E-state index in [-0.39, 0.29) is 0 Å². The number of rotatable bonds is 7. The molecule has 19 heavy (non-hydrogen) atoms. The normalized spacial score (nSPS) is 20.6. The summed E-state index contributed by atoms with van der Waals surface area (Å²) in [7, 11) is 1.75. The Kier molecular flexibility index (Phi) is 6.27. The van der Waals surface area contributed by atoms with E-state index >= 15 is 0 Å². The first kappa shape index (κ1) is 14.4. The topological polar surface area (TPSA) is 37.4 Å². The predicted molar refractivity (Wildman–Crippen MR) is 77.0 cm³/mol. The Balaban J connectivity index is 1.82. The molecule has 2 heterocycles. The zero-order chi connectivity index (χ0) is 13.3. The highest BCUT2D eigenvalue weighted by atomic mass is 16.5. The Labute approximate surface area is 116 Å². The van der Waals surface area contributed by atoms with Crippen LogP contribution in [0.4, 0.5) is 0 Å². The molecule has 2 rings (SSSR count). The summed E-state index contributed by atoms with van der Waals surface area (Å²) in [5.74, 6) is 0. The van der Waals surface area contributed by atoms with E-state index in [9.17, 15) is 0 Å². The van der Waals surface area contributed by atoms with Crippen LogP contribution in [0.2, 0.25) is 0 Å². The molecule has 0 spiro atoms. The van der Waals surface area contributed by atoms with Crippen LogP contribution in [-0.4, -0.2) is 49.3 Å². The lowest BCUT2D eigenvalue weighted by molar-refractivity contribution is 0.133. The number of likely N-dealkylation sites (tertiary alicyclic amines) is 1. The fourth-order valence-corrected chi connectivity index (χ4v) is 2.66. The highest BCUT2D eigenvalue weighted by Gasteiger charge is 2.21. The molecule has 0 bridgehead atoms. The molecule has 1 aliphatic rings. The largest absolute Gasteiger partial charge is 0.383 e. The summed E-state index contributed by atoms with van der Waals surface area (Å²) in [5, 5.41) is 3.49. The Hall–Kier alpha value is -0.970. The number of hydrogen-bond donors (Lipinski definition) is 1. The van der Waals surface area contributed by atoms with Crippen LogP contribution in [0.25, 0.3) is 0 Å². The average molecular weight is 263 g/mol. The van der Waals surface area contributed by atoms with Crippen LogP contribution in [0.5, 0.6) is 0 Å². The minimum atomic E-state index is 0.652. The molecule has 0 radical (unpaired) electrons. The molecule has 0 aromatic carbocycles. The quantitative estimate of drug-likeness (QED) is 0.759. The van der Waals surface area contributed by atoms with E-state index in [0.29, 0.717) is 6.04 Å². The number of pyridine rings is 1. The number of nitrogens with zero attached hydrogens (tertiary/aromatic N) is 2. The van der Waals surface area contributed by atoms with Gasteiger partial charge in [0.25, 0.3) is 0 Å². The molecular weight excluding hydrogens is 238 g/mol. The second kappa shape index (κ2) is 8.25. The van der Waals surface area contributed by atoms with Gasteiger partial charge in [-0.05, 0) is 37.1 Å². The van der Waals surface area contributed by atoms with Gasteiger partial charge in [0.1, 0.15) is 0 Å². The standard InChI is InChI=1S/C15H25N3O/c1-19-11-9-17-12-15-4-2-3-10-18(15)13-14-5-7-16-8-6-14/h5-8,15,17H,2-4,9-13H2,1H3. The summed E-state index contributed by atoms with van der Waals surface area (Å²) in [6.07, 6.45) is 7.73. The Morgan fingerprint density at radius 3 is 3.00 bits per heavy atom. The molecule has 1 unspecified atom stereocenters. The first-order valence-electron chi connectivity index (χ1n) is 7.23. The summed E-state index contributed by atoms with van der Waals surface area (Å²) in [5.41, 5.74) is 1.36. The van der Waals surface area contributed by atoms with E-state index in [1.165, 1.54) is 31.4 Å². The fraction of sp³-hybridized carbons (Fsp3) is 0.667. The van der Waals surface area contributed by atoms with E-state index in [4.69, 9.17) is 4.74 Å². The smallest absolute Gasteiger partial charge is 0.0587 e. The second-order valence-electron chi connectivity index (χ2n) is 5.17. The minimum Gasteiger partial charge on any atom is -0.383 e. The lowest BCUT2D eigenvalue weighted by Gasteiger charge is -2.36. The lowest BCUT2D eigenvalue weighted by Crippen LogP contribution is -2.45. The van der Waals surface area contributed by atoms with E-state index in [1.807, 2.05) is 12.4 Å². The summed E-state index contributed by atoms with van der Waals surface area (Å²) in [4.78, 5) is 6.68. The van der Waals surface area contributed by atoms with Crippen molar-refractivity contribution in [2.75, 3.05) is 33.4 Å². The SMILES string of the molecule is COCCNCC1CCCCN1Cc1ccncc1. The van der Waals surface area contributed by atoms with Gasteiger partial charge in [-0.2, -0.15) is 0 Å². The molecule has 1 N–H and O–H groups in total. The van der Waals surface area contributed by atoms with Gasteiger partial charge in [-0.1, -0.05) is 6.42 Å². The summed E-state index contributed by atoms with van der Waals surface area (Å²) < 4.78 is 5.07. The van der Waals surface area contributed by atoms with Crippen molar-refractivity contribution in [2.24, 2.45) is 0 Å². The number of ether oxygens (including phenoxy) is 1. The average Bonchev–Trinajstić information content (AvgIpc) is 2.46. The van der Waals surface area contributed by atoms with Crippen molar-refractivity contribution in [3.8, 4) is 0 Å². The minimum absolute atomic E-state index is 0.652. The van der Waals surface area contributed by atoms with Crippen LogP contribution >= 0.6 is 0 Å². The number of hydrogen-bond acceptors (Lipinski definition) is 4. The van der Waals surface area contributed by atoms with E-state index < -0.39 is 0 Å². The molecule has 1 aliphatic heterocycles. The molecule has 4 nitrogen and oxygen atoms in total. The van der Waals surface area contributed by atoms with Crippen LogP contribution in [0, 0.1) is 0 Å². The zero-order valence-corrected chi connectivity index (χ0v) is 11.8. The number of methoxy groups -OCH3 is 1. The summed E-state index contributed by atoms with van der Waals surface area (Å²) in [6, 6.07) is 4.88. The molecule has 1 aromatic heterocycles. The maximum absolute atomic E-state index is 5.07. The first-order valence-corrected chi connectivity index (χ1v) is 7.23. The Bertz CT molecular complexity index is 345. The van der Waals surface area contributed by atoms with Gasteiger partial charge in [-0.15, -0.1) is 0 Å². The monoisotopic (exact) mass is 263 g/mol. The maximum Gasteiger partial charge on any atom is 0.0587 e. The van der Waals surface area contributed by atoms with E-state index in [0.717, 1.165) is 26.2 Å². The van der Waals surface area contributed by atoms with Crippen molar-refractivity contribution < 1.29 is 4.74 Å². The Morgan fingerprint density at radius 1 is 1.37 bits per heavy atom. The van der Waals surface area contributed by atoms with Crippen molar-refractivity contribution in [3.05, 3.63) is 30.1 Å². The van der Waals surface area contributed by atoms with Crippen LogP contribution in [0.3, 0.4) is 0 Å². The number of aromatic nitrogens is 1. The summed E-state index contributed by atoms with van der Waals surface area (Å²) >= 11 is 0. The molecular formula is C15H25N3O. The van der Waals surface area contributed by atoms with Gasteiger partial charge in [0.2, 0.25) is 0 Å². The maximum atomic E-state index is 5.07. The van der Waals surface area contributed by atoms with Crippen molar-refractivity contribution in [1.82, 2.24) is 15.2 Å². The third-order valence-electron chi connectivity index (χ3n) is 3.75. The van der Waals surface area contributed by atoms with Crippen molar-refractivity contribution in [1.29, 1.82) is 0 Å². The molecule has 1 fully saturated rings. The molecule has 1 saturated heterocycles. The van der Waals surface area contributed by atoms with E-state index in [1.54, 1.807) is 7.11 Å². The number of piperidine rings is 1.